The van der Waals surface area contributed by atoms with Gasteiger partial charge in [-0.2, -0.15) is 0 Å². The Bertz CT molecular complexity index is 711. The summed E-state index contributed by atoms with van der Waals surface area (Å²) in [5, 5.41) is 3.08. The predicted octanol–water partition coefficient (Wildman–Crippen LogP) is 0.836. The monoisotopic (exact) mass is 341 g/mol. The minimum atomic E-state index is -3.14. The van der Waals surface area contributed by atoms with Crippen molar-refractivity contribution >= 4 is 21.4 Å². The van der Waals surface area contributed by atoms with Crippen LogP contribution in [0, 0.1) is 0 Å². The first-order valence-corrected chi connectivity index (χ1v) is 9.84. The van der Waals surface area contributed by atoms with Crippen LogP contribution in [0.3, 0.4) is 0 Å². The molecule has 0 aromatic carbocycles. The number of nitrogens with zero attached hydrogens (tertiary/aromatic N) is 4. The van der Waals surface area contributed by atoms with E-state index in [0.717, 1.165) is 36.8 Å². The Labute approximate surface area is 134 Å². The average Bonchev–Trinajstić information content (AvgIpc) is 3.08. The van der Waals surface area contributed by atoms with Gasteiger partial charge in [0.25, 0.3) is 0 Å². The Kier molecular flexibility index (Phi) is 4.57. The third kappa shape index (κ3) is 3.92. The van der Waals surface area contributed by atoms with Gasteiger partial charge in [0, 0.05) is 43.4 Å². The molecule has 0 bridgehead atoms. The van der Waals surface area contributed by atoms with Crippen LogP contribution in [0.4, 0.5) is 0 Å². The van der Waals surface area contributed by atoms with Gasteiger partial charge < -0.3 is 4.57 Å². The van der Waals surface area contributed by atoms with Crippen molar-refractivity contribution in [3.8, 4) is 0 Å². The van der Waals surface area contributed by atoms with Crippen molar-refractivity contribution in [2.75, 3.05) is 19.3 Å². The summed E-state index contributed by atoms with van der Waals surface area (Å²) >= 11 is 1.66. The van der Waals surface area contributed by atoms with Gasteiger partial charge in [-0.3, -0.25) is 4.90 Å². The van der Waals surface area contributed by atoms with E-state index in [0.29, 0.717) is 6.54 Å². The highest BCUT2D eigenvalue weighted by Gasteiger charge is 2.25. The Balaban J connectivity index is 1.66. The summed E-state index contributed by atoms with van der Waals surface area (Å²) in [4.78, 5) is 10.9. The second kappa shape index (κ2) is 6.45. The second-order valence-corrected chi connectivity index (χ2v) is 8.31. The van der Waals surface area contributed by atoms with Crippen LogP contribution < -0.4 is 4.72 Å². The van der Waals surface area contributed by atoms with E-state index < -0.39 is 10.0 Å². The van der Waals surface area contributed by atoms with E-state index in [2.05, 4.69) is 24.2 Å². The van der Waals surface area contributed by atoms with Crippen LogP contribution in [0.15, 0.2) is 24.1 Å². The predicted molar refractivity (Wildman–Crippen MR) is 85.0 cm³/mol. The summed E-state index contributed by atoms with van der Waals surface area (Å²) in [5.74, 6) is 0. The van der Waals surface area contributed by atoms with Gasteiger partial charge in [0.1, 0.15) is 5.01 Å². The van der Waals surface area contributed by atoms with E-state index in [4.69, 9.17) is 0 Å². The fourth-order valence-corrected chi connectivity index (χ4v) is 3.89. The summed E-state index contributed by atoms with van der Waals surface area (Å²) < 4.78 is 27.1. The van der Waals surface area contributed by atoms with Crippen LogP contribution in [0.5, 0.6) is 0 Å². The molecule has 7 nitrogen and oxygen atoms in total. The first-order valence-electron chi connectivity index (χ1n) is 7.07. The fraction of sp³-hybridized carbons (Fsp3) is 0.538. The minimum absolute atomic E-state index is 0.223. The molecule has 0 saturated carbocycles. The van der Waals surface area contributed by atoms with Crippen LogP contribution in [-0.2, 0) is 23.1 Å². The van der Waals surface area contributed by atoms with E-state index in [-0.39, 0.29) is 6.04 Å². The van der Waals surface area contributed by atoms with E-state index in [1.807, 2.05) is 24.1 Å². The molecular formula is C13H19N5O2S2. The summed E-state index contributed by atoms with van der Waals surface area (Å²) in [6.07, 6.45) is 7.46. The molecule has 1 aliphatic rings. The van der Waals surface area contributed by atoms with Gasteiger partial charge >= 0.3 is 0 Å². The second-order valence-electron chi connectivity index (χ2n) is 5.50. The first kappa shape index (κ1) is 15.6. The number of fused-ring (bicyclic) bond motifs is 1. The standard InChI is InChI=1S/C13H19N5O2S2/c1-22(19,20)16-3-2-11-7-17(9-13-15-4-5-21-13)8-12-6-14-10-18(11)12/h4-6,10-11,16H,2-3,7-9H2,1H3. The molecular weight excluding hydrogens is 322 g/mol. The Morgan fingerprint density at radius 1 is 1.50 bits per heavy atom. The molecule has 22 heavy (non-hydrogen) atoms. The maximum absolute atomic E-state index is 11.2. The summed E-state index contributed by atoms with van der Waals surface area (Å²) in [6.45, 7) is 2.97. The van der Waals surface area contributed by atoms with Crippen molar-refractivity contribution in [1.29, 1.82) is 0 Å². The molecule has 2 aromatic rings. The zero-order chi connectivity index (χ0) is 15.6. The van der Waals surface area contributed by atoms with Gasteiger partial charge in [0.15, 0.2) is 0 Å². The Hall–Kier alpha value is -1.29. The van der Waals surface area contributed by atoms with Crippen LogP contribution in [0.25, 0.3) is 0 Å². The molecule has 0 aliphatic carbocycles. The molecule has 1 N–H and O–H groups in total. The van der Waals surface area contributed by atoms with Crippen LogP contribution in [0.1, 0.15) is 23.2 Å². The number of aromatic nitrogens is 3. The largest absolute Gasteiger partial charge is 0.329 e. The average molecular weight is 341 g/mol. The van der Waals surface area contributed by atoms with Crippen molar-refractivity contribution in [3.05, 3.63) is 34.8 Å². The van der Waals surface area contributed by atoms with Gasteiger partial charge in [0.2, 0.25) is 10.0 Å². The highest BCUT2D eigenvalue weighted by atomic mass is 32.2. The molecule has 9 heteroatoms. The molecule has 1 aliphatic heterocycles. The number of sulfonamides is 1. The number of imidazole rings is 1. The number of thiazole rings is 1. The first-order chi connectivity index (χ1) is 10.5. The van der Waals surface area contributed by atoms with Gasteiger partial charge in [-0.25, -0.2) is 23.1 Å². The van der Waals surface area contributed by atoms with E-state index in [9.17, 15) is 8.42 Å². The molecule has 0 radical (unpaired) electrons. The normalized spacial score (nSPS) is 19.2. The van der Waals surface area contributed by atoms with Crippen LogP contribution in [0.2, 0.25) is 0 Å². The SMILES string of the molecule is CS(=O)(=O)NCCC1CN(Cc2nccs2)Cc2cncn21. The lowest BCUT2D eigenvalue weighted by Gasteiger charge is -2.34. The van der Waals surface area contributed by atoms with Crippen molar-refractivity contribution in [2.45, 2.75) is 25.6 Å². The van der Waals surface area contributed by atoms with Gasteiger partial charge in [-0.15, -0.1) is 11.3 Å². The van der Waals surface area contributed by atoms with Crippen LogP contribution in [-0.4, -0.2) is 47.2 Å². The van der Waals surface area contributed by atoms with Gasteiger partial charge in [0.05, 0.1) is 24.8 Å². The van der Waals surface area contributed by atoms with E-state index >= 15 is 0 Å². The lowest BCUT2D eigenvalue weighted by molar-refractivity contribution is 0.172. The fourth-order valence-electron chi connectivity index (χ4n) is 2.75. The highest BCUT2D eigenvalue weighted by molar-refractivity contribution is 7.88. The third-order valence-corrected chi connectivity index (χ3v) is 5.17. The third-order valence-electron chi connectivity index (χ3n) is 3.68. The minimum Gasteiger partial charge on any atom is -0.329 e. The number of nitrogens with one attached hydrogen (secondary N) is 1. The molecule has 120 valence electrons. The molecule has 2 aromatic heterocycles. The van der Waals surface area contributed by atoms with Crippen molar-refractivity contribution < 1.29 is 8.42 Å². The van der Waals surface area contributed by atoms with Crippen molar-refractivity contribution in [1.82, 2.24) is 24.2 Å². The summed E-state index contributed by atoms with van der Waals surface area (Å²) in [7, 11) is -3.14. The number of hydrogen-bond donors (Lipinski definition) is 1. The van der Waals surface area contributed by atoms with Crippen molar-refractivity contribution in [3.63, 3.8) is 0 Å². The van der Waals surface area contributed by atoms with Gasteiger partial charge in [-0.1, -0.05) is 0 Å². The van der Waals surface area contributed by atoms with Gasteiger partial charge in [-0.05, 0) is 6.42 Å². The van der Waals surface area contributed by atoms with E-state index in [1.165, 1.54) is 6.26 Å². The molecule has 1 atom stereocenters. The zero-order valence-corrected chi connectivity index (χ0v) is 14.0. The molecule has 0 spiro atoms. The molecule has 3 rings (SSSR count). The molecule has 0 fully saturated rings. The quantitative estimate of drug-likeness (QED) is 0.842. The molecule has 1 unspecified atom stereocenters. The summed E-state index contributed by atoms with van der Waals surface area (Å²) in [5.41, 5.74) is 1.16. The summed E-state index contributed by atoms with van der Waals surface area (Å²) in [6, 6.07) is 0.223. The molecule has 0 saturated heterocycles. The topological polar surface area (TPSA) is 80.1 Å². The lowest BCUT2D eigenvalue weighted by Crippen LogP contribution is -2.38. The highest BCUT2D eigenvalue weighted by Crippen LogP contribution is 2.24. The van der Waals surface area contributed by atoms with Crippen molar-refractivity contribution in [2.24, 2.45) is 0 Å². The van der Waals surface area contributed by atoms with E-state index in [1.54, 1.807) is 11.3 Å². The maximum atomic E-state index is 11.2. The number of rotatable bonds is 6. The Morgan fingerprint density at radius 2 is 2.36 bits per heavy atom. The molecule has 0 amide bonds. The zero-order valence-electron chi connectivity index (χ0n) is 12.3. The lowest BCUT2D eigenvalue weighted by atomic mass is 10.1. The smallest absolute Gasteiger partial charge is 0.208 e. The molecule has 3 heterocycles. The van der Waals surface area contributed by atoms with Crippen LogP contribution >= 0.6 is 11.3 Å². The maximum Gasteiger partial charge on any atom is 0.208 e. The number of hydrogen-bond acceptors (Lipinski definition) is 6. The Morgan fingerprint density at radius 3 is 3.09 bits per heavy atom.